The molecule has 0 aromatic heterocycles. The van der Waals surface area contributed by atoms with Gasteiger partial charge in [0.2, 0.25) is 5.91 Å². The van der Waals surface area contributed by atoms with Gasteiger partial charge in [-0.05, 0) is 55.8 Å². The number of benzene rings is 2. The summed E-state index contributed by atoms with van der Waals surface area (Å²) in [6, 6.07) is 12.7. The van der Waals surface area contributed by atoms with Gasteiger partial charge >= 0.3 is 10.1 Å². The van der Waals surface area contributed by atoms with Crippen molar-refractivity contribution in [1.29, 1.82) is 0 Å². The Kier molecular flexibility index (Phi) is 6.26. The van der Waals surface area contributed by atoms with Crippen LogP contribution in [0.2, 0.25) is 0 Å². The van der Waals surface area contributed by atoms with Crippen LogP contribution in [0.1, 0.15) is 26.3 Å². The maximum absolute atomic E-state index is 12.4. The summed E-state index contributed by atoms with van der Waals surface area (Å²) < 4.78 is 35.1. The molecule has 0 unspecified atom stereocenters. The molecular weight excluding hydrogens is 354 g/mol. The van der Waals surface area contributed by atoms with Gasteiger partial charge in [-0.25, -0.2) is 0 Å². The summed E-state index contributed by atoms with van der Waals surface area (Å²) in [5, 5.41) is 0. The van der Waals surface area contributed by atoms with Gasteiger partial charge in [0.25, 0.3) is 0 Å². The second-order valence-corrected chi connectivity index (χ2v) is 7.65. The van der Waals surface area contributed by atoms with Crippen LogP contribution in [0.15, 0.2) is 53.4 Å². The lowest BCUT2D eigenvalue weighted by Gasteiger charge is -2.25. The Hall–Kier alpha value is -2.54. The zero-order valence-electron chi connectivity index (χ0n) is 15.3. The van der Waals surface area contributed by atoms with Gasteiger partial charge in [0.1, 0.15) is 16.4 Å². The van der Waals surface area contributed by atoms with E-state index in [0.29, 0.717) is 12.3 Å². The van der Waals surface area contributed by atoms with Crippen LogP contribution in [-0.4, -0.2) is 32.4 Å². The highest BCUT2D eigenvalue weighted by molar-refractivity contribution is 7.87. The quantitative estimate of drug-likeness (QED) is 0.693. The van der Waals surface area contributed by atoms with Gasteiger partial charge in [0, 0.05) is 19.5 Å². The van der Waals surface area contributed by atoms with Crippen molar-refractivity contribution in [3.63, 3.8) is 0 Å². The monoisotopic (exact) mass is 377 g/mol. The number of rotatable bonds is 7. The van der Waals surface area contributed by atoms with E-state index < -0.39 is 10.1 Å². The lowest BCUT2D eigenvalue weighted by Crippen LogP contribution is -2.34. The van der Waals surface area contributed by atoms with Crippen LogP contribution in [0.3, 0.4) is 0 Å². The molecule has 0 N–H and O–H groups in total. The van der Waals surface area contributed by atoms with Crippen molar-refractivity contribution in [3.8, 4) is 11.5 Å². The summed E-state index contributed by atoms with van der Waals surface area (Å²) in [5.74, 6) is 0.715. The fraction of sp³-hybridized carbons (Fsp3) is 0.316. The molecule has 0 radical (unpaired) electrons. The first kappa shape index (κ1) is 19.8. The third kappa shape index (κ3) is 4.98. The molecule has 7 heteroatoms. The number of methoxy groups -OCH3 is 1. The molecule has 0 aliphatic heterocycles. The van der Waals surface area contributed by atoms with Crippen LogP contribution in [0.25, 0.3) is 0 Å². The Morgan fingerprint density at radius 3 is 2.27 bits per heavy atom. The summed E-state index contributed by atoms with van der Waals surface area (Å²) in [4.78, 5) is 13.5. The van der Waals surface area contributed by atoms with Gasteiger partial charge in [-0.2, -0.15) is 8.42 Å². The number of ether oxygens (including phenoxy) is 1. The Morgan fingerprint density at radius 2 is 1.73 bits per heavy atom. The van der Waals surface area contributed by atoms with Crippen molar-refractivity contribution in [3.05, 3.63) is 54.1 Å². The summed E-state index contributed by atoms with van der Waals surface area (Å²) in [6.45, 7) is 5.74. The van der Waals surface area contributed by atoms with E-state index in [2.05, 4.69) is 0 Å². The first-order valence-corrected chi connectivity index (χ1v) is 9.58. The van der Waals surface area contributed by atoms with E-state index in [-0.39, 0.29) is 22.6 Å². The molecule has 2 aromatic carbocycles. The van der Waals surface area contributed by atoms with Gasteiger partial charge in [0.15, 0.2) is 0 Å². The Labute approximate surface area is 154 Å². The van der Waals surface area contributed by atoms with E-state index in [1.54, 1.807) is 35.2 Å². The van der Waals surface area contributed by atoms with Crippen LogP contribution >= 0.6 is 0 Å². The summed E-state index contributed by atoms with van der Waals surface area (Å²) in [5.41, 5.74) is 0.788. The van der Waals surface area contributed by atoms with Crippen molar-refractivity contribution in [2.75, 3.05) is 7.11 Å². The molecule has 140 valence electrons. The van der Waals surface area contributed by atoms with E-state index in [0.717, 1.165) is 5.56 Å². The number of hydrogen-bond donors (Lipinski definition) is 0. The van der Waals surface area contributed by atoms with E-state index >= 15 is 0 Å². The van der Waals surface area contributed by atoms with Crippen LogP contribution in [0, 0.1) is 0 Å². The minimum Gasteiger partial charge on any atom is -0.497 e. The van der Waals surface area contributed by atoms with Crippen LogP contribution < -0.4 is 8.92 Å². The molecule has 1 amide bonds. The van der Waals surface area contributed by atoms with E-state index in [1.807, 2.05) is 19.9 Å². The molecule has 0 fully saturated rings. The molecule has 2 aromatic rings. The standard InChI is InChI=1S/C19H23NO5S/c1-14(2)20(15(3)21)13-16-6-5-7-18(12-16)25-26(22,23)19-10-8-17(24-4)9-11-19/h5-12,14H,13H2,1-4H3. The first-order valence-electron chi connectivity index (χ1n) is 8.17. The van der Waals surface area contributed by atoms with Crippen molar-refractivity contribution in [2.45, 2.75) is 38.3 Å². The second kappa shape index (κ2) is 8.23. The highest BCUT2D eigenvalue weighted by Crippen LogP contribution is 2.22. The Morgan fingerprint density at radius 1 is 1.08 bits per heavy atom. The summed E-state index contributed by atoms with van der Waals surface area (Å²) in [6.07, 6.45) is 0. The van der Waals surface area contributed by atoms with Crippen molar-refractivity contribution >= 4 is 16.0 Å². The predicted octanol–water partition coefficient (Wildman–Crippen LogP) is 3.22. The number of amides is 1. The van der Waals surface area contributed by atoms with E-state index in [4.69, 9.17) is 8.92 Å². The first-order chi connectivity index (χ1) is 12.2. The number of nitrogens with zero attached hydrogens (tertiary/aromatic N) is 1. The number of carbonyl (C=O) groups excluding carboxylic acids is 1. The molecular formula is C19H23NO5S. The van der Waals surface area contributed by atoms with Gasteiger partial charge < -0.3 is 13.8 Å². The topological polar surface area (TPSA) is 72.9 Å². The maximum atomic E-state index is 12.4. The fourth-order valence-electron chi connectivity index (χ4n) is 2.47. The van der Waals surface area contributed by atoms with Crippen molar-refractivity contribution in [2.24, 2.45) is 0 Å². The zero-order chi connectivity index (χ0) is 19.3. The third-order valence-electron chi connectivity index (χ3n) is 3.83. The molecule has 0 aliphatic rings. The van der Waals surface area contributed by atoms with Crippen molar-refractivity contribution < 1.29 is 22.1 Å². The molecule has 0 saturated carbocycles. The molecule has 0 bridgehead atoms. The Bertz CT molecular complexity index is 860. The molecule has 0 spiro atoms. The summed E-state index contributed by atoms with van der Waals surface area (Å²) in [7, 11) is -2.45. The minimum atomic E-state index is -3.95. The van der Waals surface area contributed by atoms with Gasteiger partial charge in [-0.3, -0.25) is 4.79 Å². The molecule has 0 aliphatic carbocycles. The van der Waals surface area contributed by atoms with Gasteiger partial charge in [-0.15, -0.1) is 0 Å². The van der Waals surface area contributed by atoms with Crippen LogP contribution in [0.5, 0.6) is 11.5 Å². The number of carbonyl (C=O) groups is 1. The van der Waals surface area contributed by atoms with E-state index in [1.165, 1.54) is 26.2 Å². The lowest BCUT2D eigenvalue weighted by molar-refractivity contribution is -0.131. The molecule has 0 saturated heterocycles. The van der Waals surface area contributed by atoms with E-state index in [9.17, 15) is 13.2 Å². The predicted molar refractivity (Wildman–Crippen MR) is 98.6 cm³/mol. The SMILES string of the molecule is COc1ccc(S(=O)(=O)Oc2cccc(CN(C(C)=O)C(C)C)c2)cc1. The molecule has 0 heterocycles. The van der Waals surface area contributed by atoms with Gasteiger partial charge in [-0.1, -0.05) is 12.1 Å². The fourth-order valence-corrected chi connectivity index (χ4v) is 3.39. The van der Waals surface area contributed by atoms with Crippen LogP contribution in [-0.2, 0) is 21.5 Å². The molecule has 0 atom stereocenters. The zero-order valence-corrected chi connectivity index (χ0v) is 16.1. The molecule has 2 rings (SSSR count). The lowest BCUT2D eigenvalue weighted by atomic mass is 10.2. The Balaban J connectivity index is 2.20. The maximum Gasteiger partial charge on any atom is 0.339 e. The van der Waals surface area contributed by atoms with Gasteiger partial charge in [0.05, 0.1) is 7.11 Å². The normalized spacial score (nSPS) is 11.3. The second-order valence-electron chi connectivity index (χ2n) is 6.10. The number of hydrogen-bond acceptors (Lipinski definition) is 5. The largest absolute Gasteiger partial charge is 0.497 e. The molecule has 26 heavy (non-hydrogen) atoms. The average Bonchev–Trinajstić information content (AvgIpc) is 2.59. The highest BCUT2D eigenvalue weighted by atomic mass is 32.2. The highest BCUT2D eigenvalue weighted by Gasteiger charge is 2.18. The van der Waals surface area contributed by atoms with Crippen molar-refractivity contribution in [1.82, 2.24) is 4.90 Å². The minimum absolute atomic E-state index is 0.0382. The summed E-state index contributed by atoms with van der Waals surface area (Å²) >= 11 is 0. The molecule has 6 nitrogen and oxygen atoms in total. The van der Waals surface area contributed by atoms with Crippen LogP contribution in [0.4, 0.5) is 0 Å². The third-order valence-corrected chi connectivity index (χ3v) is 5.09. The average molecular weight is 377 g/mol. The smallest absolute Gasteiger partial charge is 0.339 e.